The van der Waals surface area contributed by atoms with E-state index in [9.17, 15) is 32.8 Å². The lowest BCUT2D eigenvalue weighted by atomic mass is 10.1. The van der Waals surface area contributed by atoms with Gasteiger partial charge in [0.25, 0.3) is 16.0 Å². The van der Waals surface area contributed by atoms with Crippen LogP contribution >= 0.6 is 0 Å². The minimum Gasteiger partial charge on any atom is -0.508 e. The van der Waals surface area contributed by atoms with E-state index >= 15 is 0 Å². The van der Waals surface area contributed by atoms with Crippen LogP contribution in [0.25, 0.3) is 6.08 Å². The van der Waals surface area contributed by atoms with E-state index in [2.05, 4.69) is 4.99 Å². The molecule has 0 radical (unpaired) electrons. The molecule has 0 aliphatic carbocycles. The molecule has 0 spiro atoms. The Morgan fingerprint density at radius 1 is 0.970 bits per heavy atom. The summed E-state index contributed by atoms with van der Waals surface area (Å²) < 4.78 is 32.8. The number of amides is 1. The number of aromatic carboxylic acids is 1. The Morgan fingerprint density at radius 3 is 2.24 bits per heavy atom. The van der Waals surface area contributed by atoms with Gasteiger partial charge in [0.2, 0.25) is 0 Å². The zero-order valence-electron chi connectivity index (χ0n) is 16.8. The van der Waals surface area contributed by atoms with Crippen LogP contribution in [0.1, 0.15) is 21.5 Å². The number of aromatic hydroxyl groups is 1. The number of carboxylic acid groups (broad SMARTS) is 1. The summed E-state index contributed by atoms with van der Waals surface area (Å²) in [6.45, 7) is 0. The van der Waals surface area contributed by atoms with E-state index in [1.165, 1.54) is 18.2 Å². The van der Waals surface area contributed by atoms with E-state index in [1.54, 1.807) is 42.5 Å². The predicted molar refractivity (Wildman–Crippen MR) is 120 cm³/mol. The average Bonchev–Trinajstić information content (AvgIpc) is 3.10. The first-order valence-electron chi connectivity index (χ1n) is 9.49. The molecule has 1 aliphatic heterocycles. The molecule has 0 bridgehead atoms. The molecule has 1 heterocycles. The lowest BCUT2D eigenvalue weighted by Crippen LogP contribution is -2.34. The molecule has 4 rings (SSSR count). The van der Waals surface area contributed by atoms with Gasteiger partial charge in [-0.3, -0.25) is 14.2 Å². The predicted octanol–water partition coefficient (Wildman–Crippen LogP) is 3.17. The van der Waals surface area contributed by atoms with Crippen LogP contribution in [0, 0.1) is 0 Å². The Labute approximate surface area is 188 Å². The number of benzene rings is 3. The molecule has 166 valence electrons. The standard InChI is InChI=1S/C23H16N2O7S/c26-16-8-6-14(7-9-16)12-19-22(27)25(21(24-19)15-4-2-1-3-5-15)20-13-17(33(30,31)32)10-11-18(20)23(28)29/h1-13,26H,(H,28,29)(H,30,31,32). The van der Waals surface area contributed by atoms with Crippen LogP contribution in [0.2, 0.25) is 0 Å². The van der Waals surface area contributed by atoms with Crippen molar-refractivity contribution in [3.8, 4) is 5.75 Å². The van der Waals surface area contributed by atoms with Crippen LogP contribution in [0.5, 0.6) is 5.75 Å². The third-order valence-electron chi connectivity index (χ3n) is 4.83. The smallest absolute Gasteiger partial charge is 0.337 e. The first-order chi connectivity index (χ1) is 15.6. The van der Waals surface area contributed by atoms with E-state index < -0.39 is 26.9 Å². The highest BCUT2D eigenvalue weighted by Gasteiger charge is 2.35. The highest BCUT2D eigenvalue weighted by atomic mass is 32.2. The van der Waals surface area contributed by atoms with Gasteiger partial charge in [-0.2, -0.15) is 8.42 Å². The summed E-state index contributed by atoms with van der Waals surface area (Å²) in [4.78, 5) is 30.1. The summed E-state index contributed by atoms with van der Waals surface area (Å²) in [5.74, 6) is -1.97. The zero-order valence-corrected chi connectivity index (χ0v) is 17.6. The van der Waals surface area contributed by atoms with Gasteiger partial charge < -0.3 is 10.2 Å². The first kappa shape index (κ1) is 21.9. The Morgan fingerprint density at radius 2 is 1.64 bits per heavy atom. The van der Waals surface area contributed by atoms with Gasteiger partial charge in [-0.15, -0.1) is 0 Å². The average molecular weight is 464 g/mol. The van der Waals surface area contributed by atoms with Crippen molar-refractivity contribution in [2.45, 2.75) is 4.90 Å². The third-order valence-corrected chi connectivity index (χ3v) is 5.68. The van der Waals surface area contributed by atoms with Gasteiger partial charge in [0, 0.05) is 5.56 Å². The van der Waals surface area contributed by atoms with Gasteiger partial charge >= 0.3 is 5.97 Å². The fourth-order valence-corrected chi connectivity index (χ4v) is 3.79. The van der Waals surface area contributed by atoms with Gasteiger partial charge in [-0.05, 0) is 42.0 Å². The highest BCUT2D eigenvalue weighted by molar-refractivity contribution is 7.85. The number of hydrogen-bond donors (Lipinski definition) is 3. The van der Waals surface area contributed by atoms with Gasteiger partial charge in [-0.1, -0.05) is 42.5 Å². The second kappa shape index (κ2) is 8.34. The summed E-state index contributed by atoms with van der Waals surface area (Å²) in [5, 5.41) is 19.1. The Hall–Kier alpha value is -4.28. The number of carboxylic acids is 1. The molecular formula is C23H16N2O7S. The second-order valence-electron chi connectivity index (χ2n) is 7.02. The molecule has 9 nitrogen and oxygen atoms in total. The van der Waals surface area contributed by atoms with Crippen LogP contribution in [-0.2, 0) is 14.9 Å². The maximum Gasteiger partial charge on any atom is 0.337 e. The van der Waals surface area contributed by atoms with E-state index in [1.807, 2.05) is 0 Å². The molecule has 3 aromatic carbocycles. The molecule has 1 aliphatic rings. The van der Waals surface area contributed by atoms with E-state index in [0.717, 1.165) is 23.1 Å². The minimum atomic E-state index is -4.67. The van der Waals surface area contributed by atoms with Crippen LogP contribution in [0.4, 0.5) is 5.69 Å². The molecule has 0 saturated heterocycles. The van der Waals surface area contributed by atoms with Crippen LogP contribution in [0.15, 0.2) is 88.4 Å². The zero-order chi connectivity index (χ0) is 23.8. The topological polar surface area (TPSA) is 145 Å². The largest absolute Gasteiger partial charge is 0.508 e. The molecule has 3 N–H and O–H groups in total. The fourth-order valence-electron chi connectivity index (χ4n) is 3.29. The molecule has 0 saturated carbocycles. The van der Waals surface area contributed by atoms with Crippen molar-refractivity contribution in [1.29, 1.82) is 0 Å². The molecule has 0 aromatic heterocycles. The lowest BCUT2D eigenvalue weighted by Gasteiger charge is -2.21. The SMILES string of the molecule is O=C(O)c1ccc(S(=O)(=O)O)cc1N1C(=O)C(=Cc2ccc(O)cc2)N=C1c1ccccc1. The fraction of sp³-hybridized carbons (Fsp3) is 0. The Bertz CT molecular complexity index is 1430. The minimum absolute atomic E-state index is 0.0341. The lowest BCUT2D eigenvalue weighted by molar-refractivity contribution is -0.113. The van der Waals surface area contributed by atoms with Gasteiger partial charge in [0.1, 0.15) is 17.3 Å². The van der Waals surface area contributed by atoms with Crippen molar-refractivity contribution < 1.29 is 32.8 Å². The second-order valence-corrected chi connectivity index (χ2v) is 8.44. The number of aliphatic imine (C=N–C) groups is 1. The number of phenolic OH excluding ortho intramolecular Hbond substituents is 1. The number of rotatable bonds is 5. The monoisotopic (exact) mass is 464 g/mol. The molecule has 33 heavy (non-hydrogen) atoms. The van der Waals surface area contributed by atoms with Crippen LogP contribution in [0.3, 0.4) is 0 Å². The number of carbonyl (C=O) groups is 2. The quantitative estimate of drug-likeness (QED) is 0.388. The van der Waals surface area contributed by atoms with Crippen LogP contribution < -0.4 is 4.90 Å². The molecule has 0 fully saturated rings. The molecule has 1 amide bonds. The van der Waals surface area contributed by atoms with Crippen molar-refractivity contribution in [3.63, 3.8) is 0 Å². The molecule has 0 atom stereocenters. The Balaban J connectivity index is 1.93. The van der Waals surface area contributed by atoms with E-state index in [0.29, 0.717) is 11.1 Å². The summed E-state index contributed by atoms with van der Waals surface area (Å²) in [6.07, 6.45) is 1.46. The third kappa shape index (κ3) is 4.38. The number of hydrogen-bond acceptors (Lipinski definition) is 6. The van der Waals surface area contributed by atoms with Crippen molar-refractivity contribution in [1.82, 2.24) is 0 Å². The normalized spacial score (nSPS) is 15.1. The molecule has 3 aromatic rings. The van der Waals surface area contributed by atoms with Crippen molar-refractivity contribution in [2.75, 3.05) is 4.90 Å². The van der Waals surface area contributed by atoms with Crippen molar-refractivity contribution in [2.24, 2.45) is 4.99 Å². The van der Waals surface area contributed by atoms with Crippen molar-refractivity contribution >= 4 is 39.6 Å². The first-order valence-corrected chi connectivity index (χ1v) is 10.9. The number of anilines is 1. The van der Waals surface area contributed by atoms with Gasteiger partial charge in [0.05, 0.1) is 16.1 Å². The maximum absolute atomic E-state index is 13.4. The van der Waals surface area contributed by atoms with Crippen LogP contribution in [-0.4, -0.2) is 40.9 Å². The number of carbonyl (C=O) groups excluding carboxylic acids is 1. The van der Waals surface area contributed by atoms with Gasteiger partial charge in [0.15, 0.2) is 0 Å². The summed E-state index contributed by atoms with van der Waals surface area (Å²) >= 11 is 0. The molecular weight excluding hydrogens is 448 g/mol. The highest BCUT2D eigenvalue weighted by Crippen LogP contribution is 2.32. The number of nitrogens with zero attached hydrogens (tertiary/aromatic N) is 2. The molecule has 0 unspecified atom stereocenters. The van der Waals surface area contributed by atoms with Gasteiger partial charge in [-0.25, -0.2) is 9.79 Å². The molecule has 10 heteroatoms. The summed E-state index contributed by atoms with van der Waals surface area (Å²) in [5.41, 5.74) is 0.380. The maximum atomic E-state index is 13.4. The summed E-state index contributed by atoms with van der Waals surface area (Å²) in [6, 6.07) is 17.3. The Kier molecular flexibility index (Phi) is 5.54. The van der Waals surface area contributed by atoms with E-state index in [-0.39, 0.29) is 28.5 Å². The van der Waals surface area contributed by atoms with E-state index in [4.69, 9.17) is 0 Å². The van der Waals surface area contributed by atoms with Crippen molar-refractivity contribution in [3.05, 3.63) is 95.2 Å². The summed E-state index contributed by atoms with van der Waals surface area (Å²) in [7, 11) is -4.67. The number of phenols is 1. The number of amidine groups is 1.